The number of carboxylic acid groups (broad SMARTS) is 1. The molecule has 0 spiro atoms. The minimum atomic E-state index is -1.12. The fourth-order valence-electron chi connectivity index (χ4n) is 1.95. The van der Waals surface area contributed by atoms with Crippen LogP contribution in [0.2, 0.25) is 0 Å². The summed E-state index contributed by atoms with van der Waals surface area (Å²) < 4.78 is 1.54. The van der Waals surface area contributed by atoms with Gasteiger partial charge < -0.3 is 5.11 Å². The number of nitrogens with zero attached hydrogens (tertiary/aromatic N) is 5. The molecule has 21 heavy (non-hydrogen) atoms. The number of aromatic carboxylic acids is 1. The average molecular weight is 301 g/mol. The summed E-state index contributed by atoms with van der Waals surface area (Å²) in [5, 5.41) is 17.9. The van der Waals surface area contributed by atoms with Crippen molar-refractivity contribution in [2.45, 2.75) is 13.5 Å². The Morgan fingerprint density at radius 3 is 2.86 bits per heavy atom. The maximum Gasteiger partial charge on any atom is 0.358 e. The zero-order chi connectivity index (χ0) is 14.8. The molecule has 0 amide bonds. The zero-order valence-electron chi connectivity index (χ0n) is 11.1. The Kier molecular flexibility index (Phi) is 3.44. The molecule has 0 aliphatic heterocycles. The quantitative estimate of drug-likeness (QED) is 0.790. The van der Waals surface area contributed by atoms with E-state index in [4.69, 9.17) is 0 Å². The number of pyridine rings is 1. The van der Waals surface area contributed by atoms with Crippen molar-refractivity contribution >= 4 is 17.3 Å². The van der Waals surface area contributed by atoms with E-state index in [0.717, 1.165) is 9.88 Å². The molecule has 0 aliphatic carbocycles. The Hall–Kier alpha value is -2.61. The Bertz CT molecular complexity index is 781. The second-order valence-corrected chi connectivity index (χ2v) is 5.63. The van der Waals surface area contributed by atoms with E-state index >= 15 is 0 Å². The van der Waals surface area contributed by atoms with E-state index in [-0.39, 0.29) is 5.69 Å². The highest BCUT2D eigenvalue weighted by atomic mass is 32.1. The van der Waals surface area contributed by atoms with Gasteiger partial charge in [-0.25, -0.2) is 14.5 Å². The molecular formula is C13H11N5O2S. The molecule has 0 unspecified atom stereocenters. The van der Waals surface area contributed by atoms with Crippen LogP contribution in [0.15, 0.2) is 30.6 Å². The average Bonchev–Trinajstić information content (AvgIpc) is 3.07. The molecule has 1 N–H and O–H groups in total. The lowest BCUT2D eigenvalue weighted by molar-refractivity contribution is 0.0691. The van der Waals surface area contributed by atoms with Gasteiger partial charge in [0, 0.05) is 17.3 Å². The summed E-state index contributed by atoms with van der Waals surface area (Å²) in [6, 6.07) is 5.30. The van der Waals surface area contributed by atoms with Gasteiger partial charge in [-0.2, -0.15) is 0 Å². The van der Waals surface area contributed by atoms with Gasteiger partial charge >= 0.3 is 5.97 Å². The Labute approximate surface area is 123 Å². The predicted octanol–water partition coefficient (Wildman–Crippen LogP) is 1.85. The molecule has 8 heteroatoms. The van der Waals surface area contributed by atoms with Crippen LogP contribution in [0.1, 0.15) is 20.4 Å². The van der Waals surface area contributed by atoms with Gasteiger partial charge in [-0.3, -0.25) is 4.98 Å². The fourth-order valence-corrected chi connectivity index (χ4v) is 2.73. The molecule has 0 bridgehead atoms. The molecule has 3 heterocycles. The topological polar surface area (TPSA) is 93.8 Å². The summed E-state index contributed by atoms with van der Waals surface area (Å²) in [5.74, 6) is -1.12. The first-order chi connectivity index (χ1) is 10.1. The summed E-state index contributed by atoms with van der Waals surface area (Å²) in [7, 11) is 0. The number of hydrogen-bond donors (Lipinski definition) is 1. The molecule has 0 saturated carbocycles. The van der Waals surface area contributed by atoms with Gasteiger partial charge in [0.1, 0.15) is 5.69 Å². The summed E-state index contributed by atoms with van der Waals surface area (Å²) in [5.41, 5.74) is 0.824. The smallest absolute Gasteiger partial charge is 0.358 e. The van der Waals surface area contributed by atoms with E-state index in [1.54, 1.807) is 35.3 Å². The predicted molar refractivity (Wildman–Crippen MR) is 76.2 cm³/mol. The van der Waals surface area contributed by atoms with Gasteiger partial charge in [-0.05, 0) is 19.1 Å². The van der Waals surface area contributed by atoms with Crippen molar-refractivity contribution in [1.29, 1.82) is 0 Å². The van der Waals surface area contributed by atoms with Crippen LogP contribution in [0.5, 0.6) is 0 Å². The van der Waals surface area contributed by atoms with Crippen molar-refractivity contribution in [2.75, 3.05) is 0 Å². The zero-order valence-corrected chi connectivity index (χ0v) is 11.9. The maximum atomic E-state index is 11.3. The molecule has 0 radical (unpaired) electrons. The summed E-state index contributed by atoms with van der Waals surface area (Å²) in [6.07, 6.45) is 3.36. The van der Waals surface area contributed by atoms with E-state index < -0.39 is 5.97 Å². The first-order valence-electron chi connectivity index (χ1n) is 6.14. The fraction of sp³-hybridized carbons (Fsp3) is 0.154. The Morgan fingerprint density at radius 1 is 1.38 bits per heavy atom. The lowest BCUT2D eigenvalue weighted by atomic mass is 10.2. The first-order valence-corrected chi connectivity index (χ1v) is 6.96. The maximum absolute atomic E-state index is 11.3. The molecule has 3 rings (SSSR count). The minimum Gasteiger partial charge on any atom is -0.476 e. The number of aryl methyl sites for hydroxylation is 1. The number of thiazole rings is 1. The SMILES string of the molecule is Cc1ncc(Cn2nnc(C(=O)O)c2-c2ccccn2)s1. The van der Waals surface area contributed by atoms with Gasteiger partial charge in [-0.1, -0.05) is 11.3 Å². The van der Waals surface area contributed by atoms with E-state index in [1.807, 2.05) is 6.92 Å². The Morgan fingerprint density at radius 2 is 2.24 bits per heavy atom. The van der Waals surface area contributed by atoms with Gasteiger partial charge in [0.15, 0.2) is 5.69 Å². The van der Waals surface area contributed by atoms with Crippen LogP contribution < -0.4 is 0 Å². The molecule has 0 aliphatic rings. The first kappa shape index (κ1) is 13.4. The summed E-state index contributed by atoms with van der Waals surface area (Å²) >= 11 is 1.54. The van der Waals surface area contributed by atoms with Gasteiger partial charge in [0.05, 0.1) is 17.2 Å². The molecule has 3 aromatic rings. The largest absolute Gasteiger partial charge is 0.476 e. The third kappa shape index (κ3) is 2.65. The van der Waals surface area contributed by atoms with Crippen LogP contribution in [0.4, 0.5) is 0 Å². The van der Waals surface area contributed by atoms with E-state index in [1.165, 1.54) is 11.3 Å². The number of hydrogen-bond acceptors (Lipinski definition) is 6. The number of rotatable bonds is 4. The number of aromatic nitrogens is 5. The van der Waals surface area contributed by atoms with Crippen molar-refractivity contribution in [2.24, 2.45) is 0 Å². The van der Waals surface area contributed by atoms with Crippen LogP contribution in [0.3, 0.4) is 0 Å². The highest BCUT2D eigenvalue weighted by molar-refractivity contribution is 7.11. The molecule has 3 aromatic heterocycles. The lowest BCUT2D eigenvalue weighted by Crippen LogP contribution is -2.06. The number of carboxylic acids is 1. The highest BCUT2D eigenvalue weighted by Gasteiger charge is 2.21. The van der Waals surface area contributed by atoms with Crippen molar-refractivity contribution < 1.29 is 9.90 Å². The van der Waals surface area contributed by atoms with Gasteiger partial charge in [-0.15, -0.1) is 16.4 Å². The van der Waals surface area contributed by atoms with Crippen LogP contribution >= 0.6 is 11.3 Å². The van der Waals surface area contributed by atoms with Crippen LogP contribution in [-0.4, -0.2) is 36.0 Å². The molecular weight excluding hydrogens is 290 g/mol. The molecule has 0 fully saturated rings. The minimum absolute atomic E-state index is 0.102. The van der Waals surface area contributed by atoms with Crippen molar-refractivity contribution in [3.8, 4) is 11.4 Å². The van der Waals surface area contributed by atoms with E-state index in [2.05, 4.69) is 20.3 Å². The van der Waals surface area contributed by atoms with Crippen molar-refractivity contribution in [3.05, 3.63) is 46.2 Å². The van der Waals surface area contributed by atoms with Gasteiger partial charge in [0.25, 0.3) is 0 Å². The molecule has 0 saturated heterocycles. The summed E-state index contributed by atoms with van der Waals surface area (Å²) in [6.45, 7) is 2.33. The third-order valence-electron chi connectivity index (χ3n) is 2.82. The summed E-state index contributed by atoms with van der Waals surface area (Å²) in [4.78, 5) is 20.7. The molecule has 106 valence electrons. The second kappa shape index (κ2) is 5.41. The van der Waals surface area contributed by atoms with Crippen molar-refractivity contribution in [1.82, 2.24) is 25.0 Å². The standard InChI is InChI=1S/C13H11N5O2S/c1-8-15-6-9(21-8)7-18-12(10-4-2-3-5-14-10)11(13(19)20)16-17-18/h2-6H,7H2,1H3,(H,19,20). The Balaban J connectivity index is 2.07. The highest BCUT2D eigenvalue weighted by Crippen LogP contribution is 2.22. The van der Waals surface area contributed by atoms with Gasteiger partial charge in [0.2, 0.25) is 0 Å². The number of carbonyl (C=O) groups is 1. The van der Waals surface area contributed by atoms with E-state index in [0.29, 0.717) is 17.9 Å². The third-order valence-corrected chi connectivity index (χ3v) is 3.72. The van der Waals surface area contributed by atoms with Crippen LogP contribution in [0.25, 0.3) is 11.4 Å². The van der Waals surface area contributed by atoms with Crippen LogP contribution in [0, 0.1) is 6.92 Å². The monoisotopic (exact) mass is 301 g/mol. The molecule has 0 atom stereocenters. The molecule has 7 nitrogen and oxygen atoms in total. The second-order valence-electron chi connectivity index (χ2n) is 4.31. The lowest BCUT2D eigenvalue weighted by Gasteiger charge is -2.04. The molecule has 0 aromatic carbocycles. The van der Waals surface area contributed by atoms with E-state index in [9.17, 15) is 9.90 Å². The van der Waals surface area contributed by atoms with Crippen molar-refractivity contribution in [3.63, 3.8) is 0 Å². The van der Waals surface area contributed by atoms with Crippen LogP contribution in [-0.2, 0) is 6.54 Å². The normalized spacial score (nSPS) is 10.7.